The summed E-state index contributed by atoms with van der Waals surface area (Å²) in [4.78, 5) is 11.7. The van der Waals surface area contributed by atoms with Crippen LogP contribution in [0.15, 0.2) is 0 Å². The van der Waals surface area contributed by atoms with Crippen LogP contribution in [0.2, 0.25) is 0 Å². The van der Waals surface area contributed by atoms with Gasteiger partial charge in [-0.2, -0.15) is 8.42 Å². The Morgan fingerprint density at radius 1 is 1.38 bits per heavy atom. The second kappa shape index (κ2) is 3.90. The minimum atomic E-state index is -4.21. The standard InChI is InChI=1S/C5H12N2O5S/c1-5(2,3)12-4(8)6-13(10,11)7-9/h7,9H,1-3H3,(H,6,8). The van der Waals surface area contributed by atoms with Crippen molar-refractivity contribution in [2.45, 2.75) is 26.4 Å². The highest BCUT2D eigenvalue weighted by molar-refractivity contribution is 7.87. The summed E-state index contributed by atoms with van der Waals surface area (Å²) in [5, 5.41) is 8.03. The Kier molecular flexibility index (Phi) is 3.64. The number of hydrogen-bond acceptors (Lipinski definition) is 5. The minimum Gasteiger partial charge on any atom is -0.443 e. The molecule has 1 amide bonds. The molecular formula is C5H12N2O5S. The number of carbonyl (C=O) groups is 1. The zero-order valence-corrected chi connectivity index (χ0v) is 8.30. The van der Waals surface area contributed by atoms with E-state index in [4.69, 9.17) is 5.21 Å². The van der Waals surface area contributed by atoms with Gasteiger partial charge in [-0.05, 0) is 20.8 Å². The summed E-state index contributed by atoms with van der Waals surface area (Å²) < 4.78 is 27.1. The zero-order chi connectivity index (χ0) is 10.7. The van der Waals surface area contributed by atoms with Crippen LogP contribution in [0.4, 0.5) is 4.79 Å². The molecule has 0 rings (SSSR count). The first-order chi connectivity index (χ1) is 5.66. The van der Waals surface area contributed by atoms with Gasteiger partial charge in [0.05, 0.1) is 0 Å². The van der Waals surface area contributed by atoms with Gasteiger partial charge in [-0.3, -0.25) is 0 Å². The van der Waals surface area contributed by atoms with E-state index < -0.39 is 21.9 Å². The van der Waals surface area contributed by atoms with E-state index in [-0.39, 0.29) is 0 Å². The lowest BCUT2D eigenvalue weighted by Crippen LogP contribution is -2.41. The summed E-state index contributed by atoms with van der Waals surface area (Å²) >= 11 is 0. The molecule has 0 aromatic rings. The molecule has 0 fully saturated rings. The van der Waals surface area contributed by atoms with E-state index in [2.05, 4.69) is 4.74 Å². The summed E-state index contributed by atoms with van der Waals surface area (Å²) in [6, 6.07) is 0. The van der Waals surface area contributed by atoms with Crippen LogP contribution in [0, 0.1) is 0 Å². The van der Waals surface area contributed by atoms with Crippen LogP contribution in [-0.2, 0) is 14.9 Å². The molecule has 0 atom stereocenters. The molecule has 0 saturated carbocycles. The monoisotopic (exact) mass is 212 g/mol. The van der Waals surface area contributed by atoms with Gasteiger partial charge < -0.3 is 9.94 Å². The lowest BCUT2D eigenvalue weighted by Gasteiger charge is -2.19. The van der Waals surface area contributed by atoms with Crippen molar-refractivity contribution in [1.82, 2.24) is 9.61 Å². The van der Waals surface area contributed by atoms with Crippen molar-refractivity contribution < 1.29 is 23.2 Å². The van der Waals surface area contributed by atoms with Crippen molar-refractivity contribution in [3.05, 3.63) is 0 Å². The van der Waals surface area contributed by atoms with E-state index >= 15 is 0 Å². The molecule has 0 heterocycles. The summed E-state index contributed by atoms with van der Waals surface area (Å²) in [6.07, 6.45) is -1.16. The molecule has 0 saturated heterocycles. The van der Waals surface area contributed by atoms with Crippen molar-refractivity contribution >= 4 is 16.3 Å². The number of rotatable bonds is 2. The number of amides is 1. The smallest absolute Gasteiger partial charge is 0.422 e. The first-order valence-electron chi connectivity index (χ1n) is 3.33. The van der Waals surface area contributed by atoms with Crippen molar-refractivity contribution in [2.75, 3.05) is 0 Å². The maximum absolute atomic E-state index is 10.8. The molecule has 0 unspecified atom stereocenters. The van der Waals surface area contributed by atoms with Gasteiger partial charge in [-0.15, -0.1) is 0 Å². The lowest BCUT2D eigenvalue weighted by molar-refractivity contribution is 0.0566. The van der Waals surface area contributed by atoms with E-state index in [0.717, 1.165) is 4.89 Å². The van der Waals surface area contributed by atoms with E-state index in [1.165, 1.54) is 4.72 Å². The quantitative estimate of drug-likeness (QED) is 0.547. The van der Waals surface area contributed by atoms with Crippen molar-refractivity contribution in [1.29, 1.82) is 0 Å². The van der Waals surface area contributed by atoms with Crippen LogP contribution >= 0.6 is 0 Å². The van der Waals surface area contributed by atoms with E-state index in [1.807, 2.05) is 0 Å². The summed E-state index contributed by atoms with van der Waals surface area (Å²) in [6.45, 7) is 4.72. The van der Waals surface area contributed by atoms with Crippen LogP contribution in [-0.4, -0.2) is 25.3 Å². The number of hydrogen-bond donors (Lipinski definition) is 3. The molecule has 0 spiro atoms. The Balaban J connectivity index is 4.19. The third-order valence-electron chi connectivity index (χ3n) is 0.737. The van der Waals surface area contributed by atoms with Crippen LogP contribution in [0.5, 0.6) is 0 Å². The molecule has 7 nitrogen and oxygen atoms in total. The Bertz CT molecular complexity index is 278. The highest BCUT2D eigenvalue weighted by atomic mass is 32.2. The average molecular weight is 212 g/mol. The first kappa shape index (κ1) is 12.1. The molecule has 0 bridgehead atoms. The highest BCUT2D eigenvalue weighted by Crippen LogP contribution is 2.06. The highest BCUT2D eigenvalue weighted by Gasteiger charge is 2.20. The van der Waals surface area contributed by atoms with Gasteiger partial charge >= 0.3 is 16.3 Å². The lowest BCUT2D eigenvalue weighted by atomic mass is 10.2. The number of ether oxygens (including phenoxy) is 1. The van der Waals surface area contributed by atoms with Gasteiger partial charge in [-0.1, -0.05) is 4.89 Å². The largest absolute Gasteiger partial charge is 0.443 e. The Morgan fingerprint density at radius 3 is 2.15 bits per heavy atom. The van der Waals surface area contributed by atoms with Crippen LogP contribution in [0.3, 0.4) is 0 Å². The van der Waals surface area contributed by atoms with Gasteiger partial charge in [0, 0.05) is 0 Å². The zero-order valence-electron chi connectivity index (χ0n) is 7.49. The first-order valence-corrected chi connectivity index (χ1v) is 4.81. The Hall–Kier alpha value is -0.860. The molecule has 0 aromatic carbocycles. The molecule has 13 heavy (non-hydrogen) atoms. The topological polar surface area (TPSA) is 105 Å². The third kappa shape index (κ3) is 6.31. The Morgan fingerprint density at radius 2 is 1.85 bits per heavy atom. The minimum absolute atomic E-state index is 0.797. The van der Waals surface area contributed by atoms with Crippen LogP contribution in [0.25, 0.3) is 0 Å². The van der Waals surface area contributed by atoms with Gasteiger partial charge in [0.25, 0.3) is 0 Å². The molecule has 0 radical (unpaired) electrons. The van der Waals surface area contributed by atoms with Gasteiger partial charge in [0.1, 0.15) is 5.60 Å². The molecule has 78 valence electrons. The predicted molar refractivity (Wildman–Crippen MR) is 43.2 cm³/mol. The molecule has 0 aliphatic heterocycles. The molecule has 8 heteroatoms. The number of nitrogens with one attached hydrogen (secondary N) is 2. The SMILES string of the molecule is CC(C)(C)OC(=O)NS(=O)(=O)NO. The Labute approximate surface area is 76.2 Å². The summed E-state index contributed by atoms with van der Waals surface area (Å²) in [7, 11) is -4.21. The molecule has 0 aliphatic carbocycles. The maximum atomic E-state index is 10.8. The van der Waals surface area contributed by atoms with E-state index in [9.17, 15) is 13.2 Å². The second-order valence-corrected chi connectivity index (χ2v) is 4.59. The van der Waals surface area contributed by atoms with Crippen molar-refractivity contribution in [3.63, 3.8) is 0 Å². The number of carbonyl (C=O) groups excluding carboxylic acids is 1. The summed E-state index contributed by atoms with van der Waals surface area (Å²) in [5.41, 5.74) is -0.797. The molecule has 0 aromatic heterocycles. The summed E-state index contributed by atoms with van der Waals surface area (Å²) in [5.74, 6) is 0. The van der Waals surface area contributed by atoms with E-state index in [1.54, 1.807) is 20.8 Å². The van der Waals surface area contributed by atoms with Gasteiger partial charge in [0.15, 0.2) is 0 Å². The maximum Gasteiger partial charge on any atom is 0.422 e. The fourth-order valence-corrected chi connectivity index (χ4v) is 0.738. The normalized spacial score (nSPS) is 12.3. The van der Waals surface area contributed by atoms with Crippen molar-refractivity contribution in [3.8, 4) is 0 Å². The molecule has 0 aliphatic rings. The van der Waals surface area contributed by atoms with Crippen LogP contribution < -0.4 is 9.61 Å². The fraction of sp³-hybridized carbons (Fsp3) is 0.800. The van der Waals surface area contributed by atoms with Gasteiger partial charge in [-0.25, -0.2) is 9.52 Å². The van der Waals surface area contributed by atoms with Crippen LogP contribution in [0.1, 0.15) is 20.8 Å². The third-order valence-corrected chi connectivity index (χ3v) is 1.41. The van der Waals surface area contributed by atoms with Crippen molar-refractivity contribution in [2.24, 2.45) is 0 Å². The fourth-order valence-electron chi connectivity index (χ4n) is 0.431. The van der Waals surface area contributed by atoms with E-state index in [0.29, 0.717) is 0 Å². The second-order valence-electron chi connectivity index (χ2n) is 3.20. The molecule has 3 N–H and O–H groups in total. The van der Waals surface area contributed by atoms with Gasteiger partial charge in [0.2, 0.25) is 0 Å². The average Bonchev–Trinajstić information content (AvgIpc) is 1.81. The predicted octanol–water partition coefficient (Wildman–Crippen LogP) is -0.265. The molecular weight excluding hydrogens is 200 g/mol.